The summed E-state index contributed by atoms with van der Waals surface area (Å²) in [6.45, 7) is 6.29. The summed E-state index contributed by atoms with van der Waals surface area (Å²) >= 11 is 0. The molecule has 0 amide bonds. The van der Waals surface area contributed by atoms with E-state index in [1.807, 2.05) is 0 Å². The van der Waals surface area contributed by atoms with Crippen LogP contribution in [0.25, 0.3) is 0 Å². The molecule has 0 radical (unpaired) electrons. The first-order valence-electron chi connectivity index (χ1n) is 3.58. The Morgan fingerprint density at radius 2 is 2.11 bits per heavy atom. The van der Waals surface area contributed by atoms with Crippen LogP contribution in [0.2, 0.25) is 0 Å². The molecule has 0 fully saturated rings. The molecule has 0 aromatic rings. The van der Waals surface area contributed by atoms with Crippen LogP contribution < -0.4 is 0 Å². The van der Waals surface area contributed by atoms with Gasteiger partial charge in [0.2, 0.25) is 0 Å². The van der Waals surface area contributed by atoms with Crippen LogP contribution in [-0.2, 0) is 0 Å². The molecule has 0 atom stereocenters. The zero-order valence-corrected chi connectivity index (χ0v) is 6.19. The quantitative estimate of drug-likeness (QED) is 0.444. The smallest absolute Gasteiger partial charge is 0.0431 e. The van der Waals surface area contributed by atoms with Crippen LogP contribution in [0, 0.1) is 0 Å². The van der Waals surface area contributed by atoms with Gasteiger partial charge in [-0.3, -0.25) is 0 Å². The van der Waals surface area contributed by atoms with E-state index in [0.29, 0.717) is 6.61 Å². The van der Waals surface area contributed by atoms with E-state index in [-0.39, 0.29) is 0 Å². The minimum absolute atomic E-state index is 0.316. The molecule has 0 aliphatic rings. The lowest BCUT2D eigenvalue weighted by atomic mass is 10.1. The van der Waals surface area contributed by atoms with E-state index in [2.05, 4.69) is 13.5 Å². The Bertz CT molecular complexity index is 76.6. The van der Waals surface area contributed by atoms with Crippen LogP contribution in [0.3, 0.4) is 0 Å². The normalized spacial score (nSPS) is 9.56. The zero-order valence-electron chi connectivity index (χ0n) is 6.19. The van der Waals surface area contributed by atoms with Gasteiger partial charge in [-0.2, -0.15) is 0 Å². The number of allylic oxidation sites excluding steroid dienone is 1. The van der Waals surface area contributed by atoms with Crippen molar-refractivity contribution in [3.63, 3.8) is 0 Å². The SMILES string of the molecule is C=C(CC)CCCCO. The number of unbranched alkanes of at least 4 members (excludes halogenated alkanes) is 1. The van der Waals surface area contributed by atoms with Gasteiger partial charge in [-0.25, -0.2) is 0 Å². The molecule has 1 N–H and O–H groups in total. The van der Waals surface area contributed by atoms with Crippen molar-refractivity contribution < 1.29 is 5.11 Å². The summed E-state index contributed by atoms with van der Waals surface area (Å²) < 4.78 is 0. The monoisotopic (exact) mass is 128 g/mol. The molecule has 0 spiro atoms. The fourth-order valence-corrected chi connectivity index (χ4v) is 0.664. The molecule has 0 heterocycles. The van der Waals surface area contributed by atoms with E-state index in [1.54, 1.807) is 0 Å². The van der Waals surface area contributed by atoms with Crippen LogP contribution in [0.1, 0.15) is 32.6 Å². The van der Waals surface area contributed by atoms with Gasteiger partial charge in [0.25, 0.3) is 0 Å². The van der Waals surface area contributed by atoms with Gasteiger partial charge >= 0.3 is 0 Å². The first-order valence-corrected chi connectivity index (χ1v) is 3.58. The largest absolute Gasteiger partial charge is 0.396 e. The topological polar surface area (TPSA) is 20.2 Å². The highest BCUT2D eigenvalue weighted by Crippen LogP contribution is 2.07. The molecule has 0 rings (SSSR count). The highest BCUT2D eigenvalue weighted by atomic mass is 16.2. The van der Waals surface area contributed by atoms with Gasteiger partial charge in [0.15, 0.2) is 0 Å². The van der Waals surface area contributed by atoms with Crippen molar-refractivity contribution in [2.24, 2.45) is 0 Å². The highest BCUT2D eigenvalue weighted by Gasteiger charge is 1.89. The fourth-order valence-electron chi connectivity index (χ4n) is 0.664. The van der Waals surface area contributed by atoms with Crippen LogP contribution in [0.15, 0.2) is 12.2 Å². The van der Waals surface area contributed by atoms with Crippen molar-refractivity contribution in [2.75, 3.05) is 6.61 Å². The van der Waals surface area contributed by atoms with Crippen molar-refractivity contribution in [3.8, 4) is 0 Å². The first kappa shape index (κ1) is 8.70. The Kier molecular flexibility index (Phi) is 5.64. The number of aliphatic hydroxyl groups excluding tert-OH is 1. The minimum atomic E-state index is 0.316. The molecular weight excluding hydrogens is 112 g/mol. The Morgan fingerprint density at radius 1 is 1.44 bits per heavy atom. The lowest BCUT2D eigenvalue weighted by Gasteiger charge is -1.98. The molecule has 0 unspecified atom stereocenters. The summed E-state index contributed by atoms with van der Waals surface area (Å²) in [5, 5.41) is 8.42. The third-order valence-corrected chi connectivity index (χ3v) is 1.44. The van der Waals surface area contributed by atoms with Gasteiger partial charge in [0.05, 0.1) is 0 Å². The molecule has 54 valence electrons. The molecule has 0 saturated heterocycles. The average molecular weight is 128 g/mol. The molecule has 1 nitrogen and oxygen atoms in total. The number of hydrogen-bond acceptors (Lipinski definition) is 1. The van der Waals surface area contributed by atoms with E-state index in [9.17, 15) is 0 Å². The van der Waals surface area contributed by atoms with E-state index >= 15 is 0 Å². The second-order valence-electron chi connectivity index (χ2n) is 2.28. The van der Waals surface area contributed by atoms with Crippen molar-refractivity contribution >= 4 is 0 Å². The lowest BCUT2D eigenvalue weighted by molar-refractivity contribution is 0.284. The Morgan fingerprint density at radius 3 is 2.56 bits per heavy atom. The van der Waals surface area contributed by atoms with Gasteiger partial charge in [-0.1, -0.05) is 19.1 Å². The van der Waals surface area contributed by atoms with Crippen molar-refractivity contribution in [1.29, 1.82) is 0 Å². The van der Waals surface area contributed by atoms with E-state index in [4.69, 9.17) is 5.11 Å². The Hall–Kier alpha value is -0.300. The van der Waals surface area contributed by atoms with Crippen LogP contribution in [0.4, 0.5) is 0 Å². The molecule has 0 bridgehead atoms. The van der Waals surface area contributed by atoms with Crippen molar-refractivity contribution in [2.45, 2.75) is 32.6 Å². The van der Waals surface area contributed by atoms with Crippen LogP contribution in [0.5, 0.6) is 0 Å². The van der Waals surface area contributed by atoms with E-state index in [0.717, 1.165) is 25.7 Å². The van der Waals surface area contributed by atoms with E-state index < -0.39 is 0 Å². The van der Waals surface area contributed by atoms with Crippen molar-refractivity contribution in [1.82, 2.24) is 0 Å². The summed E-state index contributed by atoms with van der Waals surface area (Å²) in [5.74, 6) is 0. The minimum Gasteiger partial charge on any atom is -0.396 e. The van der Waals surface area contributed by atoms with Gasteiger partial charge < -0.3 is 5.11 Å². The summed E-state index contributed by atoms with van der Waals surface area (Å²) in [6.07, 6.45) is 4.16. The standard InChI is InChI=1S/C8H16O/c1-3-8(2)6-4-5-7-9/h9H,2-7H2,1H3. The lowest BCUT2D eigenvalue weighted by Crippen LogP contribution is -1.84. The number of rotatable bonds is 5. The third kappa shape index (κ3) is 5.57. The van der Waals surface area contributed by atoms with Gasteiger partial charge in [-0.05, 0) is 25.7 Å². The molecule has 1 heteroatoms. The zero-order chi connectivity index (χ0) is 7.11. The van der Waals surface area contributed by atoms with Gasteiger partial charge in [-0.15, -0.1) is 0 Å². The molecule has 0 aliphatic carbocycles. The maximum atomic E-state index is 8.42. The summed E-state index contributed by atoms with van der Waals surface area (Å²) in [4.78, 5) is 0. The maximum absolute atomic E-state index is 8.42. The van der Waals surface area contributed by atoms with Gasteiger partial charge in [0.1, 0.15) is 0 Å². The van der Waals surface area contributed by atoms with E-state index in [1.165, 1.54) is 5.57 Å². The Balaban J connectivity index is 2.97. The molecule has 9 heavy (non-hydrogen) atoms. The van der Waals surface area contributed by atoms with Crippen LogP contribution in [-0.4, -0.2) is 11.7 Å². The van der Waals surface area contributed by atoms with Crippen LogP contribution >= 0.6 is 0 Å². The summed E-state index contributed by atoms with van der Waals surface area (Å²) in [7, 11) is 0. The molecule has 0 saturated carbocycles. The molecule has 0 aromatic carbocycles. The first-order chi connectivity index (χ1) is 4.31. The fraction of sp³-hybridized carbons (Fsp3) is 0.750. The van der Waals surface area contributed by atoms with Gasteiger partial charge in [0, 0.05) is 6.61 Å². The average Bonchev–Trinajstić information content (AvgIpc) is 1.89. The third-order valence-electron chi connectivity index (χ3n) is 1.44. The maximum Gasteiger partial charge on any atom is 0.0431 e. The summed E-state index contributed by atoms with van der Waals surface area (Å²) in [6, 6.07) is 0. The highest BCUT2D eigenvalue weighted by molar-refractivity contribution is 4.91. The predicted octanol–water partition coefficient (Wildman–Crippen LogP) is 2.12. The molecule has 0 aromatic heterocycles. The Labute approximate surface area is 57.4 Å². The van der Waals surface area contributed by atoms with Crippen molar-refractivity contribution in [3.05, 3.63) is 12.2 Å². The predicted molar refractivity (Wildman–Crippen MR) is 40.4 cm³/mol. The molecule has 0 aliphatic heterocycles. The number of hydrogen-bond donors (Lipinski definition) is 1. The second-order valence-corrected chi connectivity index (χ2v) is 2.28. The molecular formula is C8H16O. The summed E-state index contributed by atoms with van der Waals surface area (Å²) in [5.41, 5.74) is 1.29. The second kappa shape index (κ2) is 5.83. The number of aliphatic hydroxyl groups is 1.